The zero-order chi connectivity index (χ0) is 19.9. The van der Waals surface area contributed by atoms with Gasteiger partial charge in [-0.25, -0.2) is 9.07 Å². The van der Waals surface area contributed by atoms with Crippen LogP contribution in [0.4, 0.5) is 4.39 Å². The number of halogens is 1. The number of carbonyl (C=O) groups is 1. The van der Waals surface area contributed by atoms with E-state index in [0.717, 1.165) is 5.56 Å². The molecule has 144 valence electrons. The molecule has 0 bridgehead atoms. The second-order valence-corrected chi connectivity index (χ2v) is 6.32. The van der Waals surface area contributed by atoms with Gasteiger partial charge < -0.3 is 9.64 Å². The molecule has 1 aromatic heterocycles. The number of hydrogen-bond acceptors (Lipinski definition) is 4. The van der Waals surface area contributed by atoms with Crippen LogP contribution in [0.15, 0.2) is 60.8 Å². The SMILES string of the molecule is COc1ccc(CN(C)C(=O)/C=C/c2cn(Cc3ccccc3)nn2)cc1F. The van der Waals surface area contributed by atoms with Crippen LogP contribution >= 0.6 is 0 Å². The van der Waals surface area contributed by atoms with Gasteiger partial charge in [-0.05, 0) is 29.3 Å². The first-order valence-electron chi connectivity index (χ1n) is 8.75. The smallest absolute Gasteiger partial charge is 0.246 e. The fourth-order valence-corrected chi connectivity index (χ4v) is 2.68. The molecule has 0 unspecified atom stereocenters. The summed E-state index contributed by atoms with van der Waals surface area (Å²) in [6, 6.07) is 14.6. The lowest BCUT2D eigenvalue weighted by atomic mass is 10.2. The Balaban J connectivity index is 1.58. The van der Waals surface area contributed by atoms with Crippen molar-refractivity contribution in [3.63, 3.8) is 0 Å². The summed E-state index contributed by atoms with van der Waals surface area (Å²) in [4.78, 5) is 13.8. The molecule has 6 nitrogen and oxygen atoms in total. The van der Waals surface area contributed by atoms with Gasteiger partial charge in [0.2, 0.25) is 5.91 Å². The fourth-order valence-electron chi connectivity index (χ4n) is 2.68. The maximum Gasteiger partial charge on any atom is 0.246 e. The Morgan fingerprint density at radius 1 is 1.21 bits per heavy atom. The molecule has 3 rings (SSSR count). The van der Waals surface area contributed by atoms with Crippen LogP contribution in [0.5, 0.6) is 5.75 Å². The van der Waals surface area contributed by atoms with Crippen molar-refractivity contribution in [2.45, 2.75) is 13.1 Å². The molecule has 3 aromatic rings. The topological polar surface area (TPSA) is 60.2 Å². The quantitative estimate of drug-likeness (QED) is 0.591. The number of aromatic nitrogens is 3. The van der Waals surface area contributed by atoms with Crippen molar-refractivity contribution < 1.29 is 13.9 Å². The molecule has 0 fully saturated rings. The molecule has 0 aliphatic heterocycles. The highest BCUT2D eigenvalue weighted by atomic mass is 19.1. The van der Waals surface area contributed by atoms with Crippen LogP contribution < -0.4 is 4.74 Å². The number of rotatable bonds is 7. The Morgan fingerprint density at radius 3 is 2.71 bits per heavy atom. The van der Waals surface area contributed by atoms with Gasteiger partial charge in [0.25, 0.3) is 0 Å². The molecule has 28 heavy (non-hydrogen) atoms. The number of methoxy groups -OCH3 is 1. The number of likely N-dealkylation sites (N-methyl/N-ethyl adjacent to an activating group) is 1. The third kappa shape index (κ3) is 5.03. The third-order valence-corrected chi connectivity index (χ3v) is 4.15. The van der Waals surface area contributed by atoms with Crippen LogP contribution in [0.3, 0.4) is 0 Å². The summed E-state index contributed by atoms with van der Waals surface area (Å²) in [5, 5.41) is 8.12. The maximum atomic E-state index is 13.8. The summed E-state index contributed by atoms with van der Waals surface area (Å²) >= 11 is 0. The minimum absolute atomic E-state index is 0.177. The minimum Gasteiger partial charge on any atom is -0.494 e. The van der Waals surface area contributed by atoms with Gasteiger partial charge in [-0.15, -0.1) is 5.10 Å². The van der Waals surface area contributed by atoms with Gasteiger partial charge in [0.15, 0.2) is 11.6 Å². The largest absolute Gasteiger partial charge is 0.494 e. The van der Waals surface area contributed by atoms with E-state index < -0.39 is 5.82 Å². The minimum atomic E-state index is -0.452. The van der Waals surface area contributed by atoms with Gasteiger partial charge in [0.1, 0.15) is 5.69 Å². The lowest BCUT2D eigenvalue weighted by molar-refractivity contribution is -0.125. The molecule has 1 heterocycles. The van der Waals surface area contributed by atoms with Gasteiger partial charge in [-0.1, -0.05) is 41.6 Å². The Kier molecular flexibility index (Phi) is 6.16. The predicted molar refractivity (Wildman–Crippen MR) is 104 cm³/mol. The number of nitrogens with zero attached hydrogens (tertiary/aromatic N) is 4. The number of carbonyl (C=O) groups excluding carboxylic acids is 1. The summed E-state index contributed by atoms with van der Waals surface area (Å²) in [6.07, 6.45) is 4.81. The normalized spacial score (nSPS) is 11.0. The highest BCUT2D eigenvalue weighted by molar-refractivity contribution is 5.91. The molecule has 7 heteroatoms. The first-order valence-corrected chi connectivity index (χ1v) is 8.75. The van der Waals surface area contributed by atoms with Crippen LogP contribution in [0.25, 0.3) is 6.08 Å². The zero-order valence-corrected chi connectivity index (χ0v) is 15.7. The fraction of sp³-hybridized carbons (Fsp3) is 0.190. The molecule has 0 radical (unpaired) electrons. The van der Waals surface area contributed by atoms with Crippen molar-refractivity contribution >= 4 is 12.0 Å². The molecule has 2 aromatic carbocycles. The van der Waals surface area contributed by atoms with E-state index in [2.05, 4.69) is 10.3 Å². The van der Waals surface area contributed by atoms with Crippen molar-refractivity contribution in [1.29, 1.82) is 0 Å². The Hall–Kier alpha value is -3.48. The highest BCUT2D eigenvalue weighted by Gasteiger charge is 2.09. The van der Waals surface area contributed by atoms with E-state index >= 15 is 0 Å². The van der Waals surface area contributed by atoms with Gasteiger partial charge in [-0.3, -0.25) is 4.79 Å². The molecule has 0 spiro atoms. The first-order chi connectivity index (χ1) is 13.5. The molecular formula is C21H21FN4O2. The summed E-state index contributed by atoms with van der Waals surface area (Å²) in [5.41, 5.74) is 2.38. The van der Waals surface area contributed by atoms with Crippen LogP contribution in [-0.4, -0.2) is 40.0 Å². The molecule has 0 aliphatic carbocycles. The Labute approximate surface area is 162 Å². The number of benzene rings is 2. The molecule has 0 saturated heterocycles. The number of ether oxygens (including phenoxy) is 1. The zero-order valence-electron chi connectivity index (χ0n) is 15.7. The van der Waals surface area contributed by atoms with Crippen molar-refractivity contribution in [2.24, 2.45) is 0 Å². The van der Waals surface area contributed by atoms with Crippen molar-refractivity contribution in [3.05, 3.63) is 83.4 Å². The van der Waals surface area contributed by atoms with Crippen LogP contribution in [-0.2, 0) is 17.9 Å². The highest BCUT2D eigenvalue weighted by Crippen LogP contribution is 2.18. The average Bonchev–Trinajstić information content (AvgIpc) is 3.14. The molecule has 0 aliphatic rings. The van der Waals surface area contributed by atoms with E-state index in [4.69, 9.17) is 4.74 Å². The van der Waals surface area contributed by atoms with E-state index in [1.165, 1.54) is 24.2 Å². The lowest BCUT2D eigenvalue weighted by Gasteiger charge is -2.15. The molecule has 0 N–H and O–H groups in total. The van der Waals surface area contributed by atoms with Crippen LogP contribution in [0.2, 0.25) is 0 Å². The van der Waals surface area contributed by atoms with E-state index in [1.807, 2.05) is 30.3 Å². The predicted octanol–water partition coefficient (Wildman–Crippen LogP) is 3.15. The van der Waals surface area contributed by atoms with Gasteiger partial charge in [0, 0.05) is 19.7 Å². The molecule has 0 atom stereocenters. The lowest BCUT2D eigenvalue weighted by Crippen LogP contribution is -2.24. The van der Waals surface area contributed by atoms with Crippen molar-refractivity contribution in [2.75, 3.05) is 14.2 Å². The second kappa shape index (κ2) is 8.94. The summed E-state index contributed by atoms with van der Waals surface area (Å²) in [5.74, 6) is -0.489. The first kappa shape index (κ1) is 19.3. The summed E-state index contributed by atoms with van der Waals surface area (Å²) < 4.78 is 20.4. The molecule has 0 saturated carbocycles. The standard InChI is InChI=1S/C21H21FN4O2/c1-25(13-17-8-10-20(28-2)19(22)12-17)21(27)11-9-18-15-26(24-23-18)14-16-6-4-3-5-7-16/h3-12,15H,13-14H2,1-2H3/b11-9+. The summed E-state index contributed by atoms with van der Waals surface area (Å²) in [6.45, 7) is 0.892. The molecule has 1 amide bonds. The van der Waals surface area contributed by atoms with Gasteiger partial charge in [-0.2, -0.15) is 0 Å². The maximum absolute atomic E-state index is 13.8. The van der Waals surface area contributed by atoms with E-state index in [9.17, 15) is 9.18 Å². The van der Waals surface area contributed by atoms with Gasteiger partial charge >= 0.3 is 0 Å². The van der Waals surface area contributed by atoms with Crippen LogP contribution in [0, 0.1) is 5.82 Å². The third-order valence-electron chi connectivity index (χ3n) is 4.15. The Bertz CT molecular complexity index is 970. The van der Waals surface area contributed by atoms with Crippen molar-refractivity contribution in [1.82, 2.24) is 19.9 Å². The molecular weight excluding hydrogens is 359 g/mol. The summed E-state index contributed by atoms with van der Waals surface area (Å²) in [7, 11) is 3.07. The average molecular weight is 380 g/mol. The van der Waals surface area contributed by atoms with Crippen LogP contribution in [0.1, 0.15) is 16.8 Å². The van der Waals surface area contributed by atoms with E-state index in [1.54, 1.807) is 36.1 Å². The monoisotopic (exact) mass is 380 g/mol. The van der Waals surface area contributed by atoms with Gasteiger partial charge in [0.05, 0.1) is 19.9 Å². The number of hydrogen-bond donors (Lipinski definition) is 0. The van der Waals surface area contributed by atoms with E-state index in [-0.39, 0.29) is 18.2 Å². The second-order valence-electron chi connectivity index (χ2n) is 6.32. The number of amides is 1. The Morgan fingerprint density at radius 2 is 2.00 bits per heavy atom. The van der Waals surface area contributed by atoms with Crippen molar-refractivity contribution in [3.8, 4) is 5.75 Å². The van der Waals surface area contributed by atoms with E-state index in [0.29, 0.717) is 17.8 Å².